The summed E-state index contributed by atoms with van der Waals surface area (Å²) in [5.74, 6) is -0.310. The zero-order chi connectivity index (χ0) is 11.5. The Kier molecular flexibility index (Phi) is 2.69. The summed E-state index contributed by atoms with van der Waals surface area (Å²) in [5, 5.41) is 8.89. The third-order valence-electron chi connectivity index (χ3n) is 2.62. The highest BCUT2D eigenvalue weighted by molar-refractivity contribution is 6.01. The summed E-state index contributed by atoms with van der Waals surface area (Å²) < 4.78 is 0. The number of likely N-dealkylation sites (tertiary alicyclic amines) is 1. The van der Waals surface area contributed by atoms with Crippen LogP contribution in [0.2, 0.25) is 0 Å². The molecular formula is C12H10N2O2. The number of imide groups is 1. The predicted molar refractivity (Wildman–Crippen MR) is 55.9 cm³/mol. The molecule has 4 heteroatoms. The number of nitriles is 1. The molecule has 1 aliphatic heterocycles. The number of benzene rings is 1. The van der Waals surface area contributed by atoms with Crippen molar-refractivity contribution in [3.8, 4) is 6.07 Å². The van der Waals surface area contributed by atoms with Gasteiger partial charge in [0.2, 0.25) is 11.8 Å². The van der Waals surface area contributed by atoms with Crippen molar-refractivity contribution in [2.45, 2.75) is 19.4 Å². The van der Waals surface area contributed by atoms with Gasteiger partial charge in [-0.05, 0) is 11.6 Å². The molecule has 0 radical (unpaired) electrons. The van der Waals surface area contributed by atoms with E-state index >= 15 is 0 Å². The molecule has 0 atom stereocenters. The van der Waals surface area contributed by atoms with Crippen LogP contribution in [0.3, 0.4) is 0 Å². The number of carbonyl (C=O) groups excluding carboxylic acids is 2. The molecule has 0 saturated carbocycles. The van der Waals surface area contributed by atoms with Gasteiger partial charge >= 0.3 is 0 Å². The van der Waals surface area contributed by atoms with Gasteiger partial charge in [0.05, 0.1) is 18.2 Å². The Balaban J connectivity index is 2.24. The second kappa shape index (κ2) is 4.15. The molecule has 1 aliphatic rings. The fourth-order valence-electron chi connectivity index (χ4n) is 1.74. The van der Waals surface area contributed by atoms with E-state index in [0.717, 1.165) is 0 Å². The normalized spacial score (nSPS) is 15.3. The molecule has 2 amide bonds. The topological polar surface area (TPSA) is 61.2 Å². The highest BCUT2D eigenvalue weighted by Gasteiger charge is 2.29. The number of hydrogen-bond donors (Lipinski definition) is 0. The maximum Gasteiger partial charge on any atom is 0.229 e. The highest BCUT2D eigenvalue weighted by Crippen LogP contribution is 2.17. The molecular weight excluding hydrogens is 204 g/mol. The van der Waals surface area contributed by atoms with Crippen LogP contribution in [0.4, 0.5) is 0 Å². The first kappa shape index (κ1) is 10.4. The molecule has 4 nitrogen and oxygen atoms in total. The fourth-order valence-corrected chi connectivity index (χ4v) is 1.74. The summed E-state index contributed by atoms with van der Waals surface area (Å²) in [7, 11) is 0. The molecule has 0 N–H and O–H groups in total. The maximum atomic E-state index is 11.4. The van der Waals surface area contributed by atoms with E-state index < -0.39 is 0 Å². The van der Waals surface area contributed by atoms with E-state index in [-0.39, 0.29) is 31.2 Å². The van der Waals surface area contributed by atoms with E-state index in [2.05, 4.69) is 0 Å². The monoisotopic (exact) mass is 214 g/mol. The molecule has 0 aromatic heterocycles. The Morgan fingerprint density at radius 3 is 2.44 bits per heavy atom. The maximum absolute atomic E-state index is 11.4. The van der Waals surface area contributed by atoms with Crippen LogP contribution < -0.4 is 0 Å². The molecule has 1 heterocycles. The summed E-state index contributed by atoms with van der Waals surface area (Å²) in [6.45, 7) is 0.210. The van der Waals surface area contributed by atoms with Gasteiger partial charge in [0.15, 0.2) is 0 Å². The molecule has 1 aromatic rings. The van der Waals surface area contributed by atoms with Crippen molar-refractivity contribution >= 4 is 11.8 Å². The van der Waals surface area contributed by atoms with Gasteiger partial charge in [-0.2, -0.15) is 5.26 Å². The lowest BCUT2D eigenvalue weighted by Crippen LogP contribution is -2.28. The van der Waals surface area contributed by atoms with Gasteiger partial charge in [-0.15, -0.1) is 0 Å². The van der Waals surface area contributed by atoms with Gasteiger partial charge in [-0.3, -0.25) is 14.5 Å². The van der Waals surface area contributed by atoms with Crippen LogP contribution in [-0.2, 0) is 16.1 Å². The highest BCUT2D eigenvalue weighted by atomic mass is 16.2. The molecule has 1 fully saturated rings. The van der Waals surface area contributed by atoms with Crippen molar-refractivity contribution < 1.29 is 9.59 Å². The zero-order valence-electron chi connectivity index (χ0n) is 8.64. The lowest BCUT2D eigenvalue weighted by atomic mass is 10.1. The Morgan fingerprint density at radius 1 is 1.19 bits per heavy atom. The van der Waals surface area contributed by atoms with Crippen molar-refractivity contribution in [3.63, 3.8) is 0 Å². The van der Waals surface area contributed by atoms with Crippen LogP contribution in [0.15, 0.2) is 24.3 Å². The second-order valence-electron chi connectivity index (χ2n) is 3.64. The summed E-state index contributed by atoms with van der Waals surface area (Å²) in [5.41, 5.74) is 1.23. The Bertz CT molecular complexity index is 472. The smallest absolute Gasteiger partial charge is 0.229 e. The van der Waals surface area contributed by atoms with E-state index in [0.29, 0.717) is 11.1 Å². The van der Waals surface area contributed by atoms with Crippen molar-refractivity contribution in [3.05, 3.63) is 35.4 Å². The molecule has 1 saturated heterocycles. The standard InChI is InChI=1S/C12H10N2O2/c13-7-9-3-1-2-4-10(9)8-14-11(15)5-6-12(14)16/h1-4H,5-6,8H2. The Morgan fingerprint density at radius 2 is 1.81 bits per heavy atom. The van der Waals surface area contributed by atoms with Gasteiger partial charge in [0.25, 0.3) is 0 Å². The molecule has 80 valence electrons. The summed E-state index contributed by atoms with van der Waals surface area (Å²) in [4.78, 5) is 24.0. The number of hydrogen-bond acceptors (Lipinski definition) is 3. The molecule has 0 spiro atoms. The average Bonchev–Trinajstić information content (AvgIpc) is 2.61. The van der Waals surface area contributed by atoms with Gasteiger partial charge in [-0.25, -0.2) is 0 Å². The number of rotatable bonds is 2. The van der Waals surface area contributed by atoms with Gasteiger partial charge in [-0.1, -0.05) is 18.2 Å². The van der Waals surface area contributed by atoms with Crippen LogP contribution >= 0.6 is 0 Å². The summed E-state index contributed by atoms with van der Waals surface area (Å²) >= 11 is 0. The van der Waals surface area contributed by atoms with Gasteiger partial charge < -0.3 is 0 Å². The molecule has 1 aromatic carbocycles. The number of amides is 2. The minimum Gasteiger partial charge on any atom is -0.278 e. The number of nitrogens with zero attached hydrogens (tertiary/aromatic N) is 2. The zero-order valence-corrected chi connectivity index (χ0v) is 8.64. The summed E-state index contributed by atoms with van der Waals surface area (Å²) in [6, 6.07) is 9.04. The molecule has 0 unspecified atom stereocenters. The molecule has 16 heavy (non-hydrogen) atoms. The van der Waals surface area contributed by atoms with Crippen LogP contribution in [0.25, 0.3) is 0 Å². The predicted octanol–water partition coefficient (Wildman–Crippen LogP) is 1.21. The average molecular weight is 214 g/mol. The molecule has 0 aliphatic carbocycles. The van der Waals surface area contributed by atoms with E-state index in [1.165, 1.54) is 4.90 Å². The van der Waals surface area contributed by atoms with Crippen molar-refractivity contribution in [1.82, 2.24) is 4.90 Å². The van der Waals surface area contributed by atoms with E-state index in [9.17, 15) is 9.59 Å². The Hall–Kier alpha value is -2.15. The van der Waals surface area contributed by atoms with Gasteiger partial charge in [0.1, 0.15) is 0 Å². The molecule has 2 rings (SSSR count). The van der Waals surface area contributed by atoms with Crippen LogP contribution in [0, 0.1) is 11.3 Å². The fraction of sp³-hybridized carbons (Fsp3) is 0.250. The van der Waals surface area contributed by atoms with E-state index in [1.807, 2.05) is 6.07 Å². The minimum absolute atomic E-state index is 0.155. The third-order valence-corrected chi connectivity index (χ3v) is 2.62. The lowest BCUT2D eigenvalue weighted by Gasteiger charge is -2.14. The van der Waals surface area contributed by atoms with E-state index in [4.69, 9.17) is 5.26 Å². The molecule has 0 bridgehead atoms. The number of carbonyl (C=O) groups is 2. The largest absolute Gasteiger partial charge is 0.278 e. The first-order valence-electron chi connectivity index (χ1n) is 5.03. The van der Waals surface area contributed by atoms with Crippen molar-refractivity contribution in [1.29, 1.82) is 5.26 Å². The second-order valence-corrected chi connectivity index (χ2v) is 3.64. The van der Waals surface area contributed by atoms with E-state index in [1.54, 1.807) is 24.3 Å². The third kappa shape index (κ3) is 1.80. The minimum atomic E-state index is -0.155. The summed E-state index contributed by atoms with van der Waals surface area (Å²) in [6.07, 6.45) is 0.571. The lowest BCUT2D eigenvalue weighted by molar-refractivity contribution is -0.139. The quantitative estimate of drug-likeness (QED) is 0.695. The first-order chi connectivity index (χ1) is 7.72. The Labute approximate surface area is 93.1 Å². The van der Waals surface area contributed by atoms with Crippen LogP contribution in [0.1, 0.15) is 24.0 Å². The van der Waals surface area contributed by atoms with Crippen molar-refractivity contribution in [2.24, 2.45) is 0 Å². The van der Waals surface area contributed by atoms with Crippen LogP contribution in [-0.4, -0.2) is 16.7 Å². The SMILES string of the molecule is N#Cc1ccccc1CN1C(=O)CCC1=O. The first-order valence-corrected chi connectivity index (χ1v) is 5.03. The van der Waals surface area contributed by atoms with Crippen molar-refractivity contribution in [2.75, 3.05) is 0 Å². The van der Waals surface area contributed by atoms with Crippen LogP contribution in [0.5, 0.6) is 0 Å². The van der Waals surface area contributed by atoms with Gasteiger partial charge in [0, 0.05) is 12.8 Å².